The minimum absolute atomic E-state index is 0.180. The van der Waals surface area contributed by atoms with Crippen molar-refractivity contribution in [1.82, 2.24) is 9.97 Å². The molecule has 0 saturated heterocycles. The Balaban J connectivity index is 1.99. The molecule has 3 aromatic rings. The Bertz CT molecular complexity index is 746. The Hall–Kier alpha value is -2.36. The molecule has 2 heterocycles. The predicted molar refractivity (Wildman–Crippen MR) is 73.9 cm³/mol. The summed E-state index contributed by atoms with van der Waals surface area (Å²) >= 11 is 0. The second kappa shape index (κ2) is 4.72. The first-order chi connectivity index (χ1) is 9.28. The van der Waals surface area contributed by atoms with E-state index in [-0.39, 0.29) is 5.97 Å². The molecule has 0 radical (unpaired) electrons. The van der Waals surface area contributed by atoms with Crippen molar-refractivity contribution in [3.05, 3.63) is 42.2 Å². The van der Waals surface area contributed by atoms with Crippen LogP contribution in [0.4, 0.5) is 0 Å². The number of nitrogens with zero attached hydrogens (tertiary/aromatic N) is 1. The van der Waals surface area contributed by atoms with Crippen LogP contribution >= 0.6 is 0 Å². The van der Waals surface area contributed by atoms with Crippen LogP contribution in [0.3, 0.4) is 0 Å². The molecule has 0 bridgehead atoms. The summed E-state index contributed by atoms with van der Waals surface area (Å²) in [5.41, 5.74) is 3.29. The summed E-state index contributed by atoms with van der Waals surface area (Å²) in [6.07, 6.45) is 4.73. The van der Waals surface area contributed by atoms with E-state index in [0.29, 0.717) is 12.8 Å². The number of ether oxygens (including phenoxy) is 1. The molecule has 3 rings (SSSR count). The van der Waals surface area contributed by atoms with E-state index < -0.39 is 0 Å². The van der Waals surface area contributed by atoms with Gasteiger partial charge in [-0.15, -0.1) is 0 Å². The first-order valence-corrected chi connectivity index (χ1v) is 6.19. The maximum absolute atomic E-state index is 11.2. The van der Waals surface area contributed by atoms with Crippen LogP contribution in [0.1, 0.15) is 12.0 Å². The smallest absolute Gasteiger partial charge is 0.305 e. The number of methoxy groups -OCH3 is 1. The first kappa shape index (κ1) is 11.7. The highest BCUT2D eigenvalue weighted by Crippen LogP contribution is 2.25. The van der Waals surface area contributed by atoms with E-state index in [9.17, 15) is 4.79 Å². The van der Waals surface area contributed by atoms with E-state index in [1.54, 1.807) is 6.20 Å². The van der Waals surface area contributed by atoms with Gasteiger partial charge >= 0.3 is 5.97 Å². The minimum atomic E-state index is -0.180. The standard InChI is InChI=1S/C15H14N2O2/c1-19-15(18)5-3-10-2-4-13-11(8-10)12-9-16-7-6-14(12)17-13/h2,4,6-9,17H,3,5H2,1H3. The number of carbonyl (C=O) groups excluding carboxylic acids is 1. The van der Waals surface area contributed by atoms with Gasteiger partial charge in [-0.05, 0) is 30.2 Å². The topological polar surface area (TPSA) is 55.0 Å². The molecule has 0 atom stereocenters. The molecule has 0 amide bonds. The molecule has 1 aromatic carbocycles. The Morgan fingerprint density at radius 2 is 2.11 bits per heavy atom. The molecular weight excluding hydrogens is 240 g/mol. The number of esters is 1. The highest BCUT2D eigenvalue weighted by Gasteiger charge is 2.06. The summed E-state index contributed by atoms with van der Waals surface area (Å²) < 4.78 is 4.66. The number of hydrogen-bond acceptors (Lipinski definition) is 3. The molecule has 0 fully saturated rings. The van der Waals surface area contributed by atoms with Gasteiger partial charge < -0.3 is 9.72 Å². The Morgan fingerprint density at radius 1 is 1.26 bits per heavy atom. The number of carbonyl (C=O) groups is 1. The summed E-state index contributed by atoms with van der Waals surface area (Å²) in [5.74, 6) is -0.180. The quantitative estimate of drug-likeness (QED) is 0.731. The average Bonchev–Trinajstić information content (AvgIpc) is 2.82. The number of benzene rings is 1. The molecule has 2 aromatic heterocycles. The average molecular weight is 254 g/mol. The number of H-pyrrole nitrogens is 1. The molecule has 0 aliphatic carbocycles. The SMILES string of the molecule is COC(=O)CCc1ccc2[nH]c3ccncc3c2c1. The van der Waals surface area contributed by atoms with Gasteiger partial charge in [-0.1, -0.05) is 6.07 Å². The second-order valence-corrected chi connectivity index (χ2v) is 4.50. The van der Waals surface area contributed by atoms with Crippen molar-refractivity contribution in [1.29, 1.82) is 0 Å². The van der Waals surface area contributed by atoms with Crippen LogP contribution < -0.4 is 0 Å². The number of rotatable bonds is 3. The number of hydrogen-bond donors (Lipinski definition) is 1. The van der Waals surface area contributed by atoms with Gasteiger partial charge in [-0.25, -0.2) is 0 Å². The summed E-state index contributed by atoms with van der Waals surface area (Å²) in [4.78, 5) is 18.7. The highest BCUT2D eigenvalue weighted by molar-refractivity contribution is 6.06. The number of aromatic amines is 1. The van der Waals surface area contributed by atoms with Gasteiger partial charge in [0.05, 0.1) is 7.11 Å². The predicted octanol–water partition coefficient (Wildman–Crippen LogP) is 2.82. The number of fused-ring (bicyclic) bond motifs is 3. The zero-order valence-electron chi connectivity index (χ0n) is 10.6. The van der Waals surface area contributed by atoms with Gasteiger partial charge in [0.2, 0.25) is 0 Å². The Labute approximate surface area is 110 Å². The molecule has 1 N–H and O–H groups in total. The zero-order valence-corrected chi connectivity index (χ0v) is 10.6. The van der Waals surface area contributed by atoms with Gasteiger partial charge in [0.1, 0.15) is 0 Å². The lowest BCUT2D eigenvalue weighted by atomic mass is 10.1. The number of aryl methyl sites for hydroxylation is 1. The van der Waals surface area contributed by atoms with Gasteiger partial charge in [0, 0.05) is 40.6 Å². The summed E-state index contributed by atoms with van der Waals surface area (Å²) in [5, 5.41) is 2.25. The van der Waals surface area contributed by atoms with Crippen molar-refractivity contribution >= 4 is 27.8 Å². The van der Waals surface area contributed by atoms with Gasteiger partial charge in [-0.2, -0.15) is 0 Å². The normalized spacial score (nSPS) is 11.0. The fourth-order valence-corrected chi connectivity index (χ4v) is 2.29. The van der Waals surface area contributed by atoms with Crippen molar-refractivity contribution in [2.24, 2.45) is 0 Å². The van der Waals surface area contributed by atoms with Gasteiger partial charge in [0.25, 0.3) is 0 Å². The molecule has 4 nitrogen and oxygen atoms in total. The van der Waals surface area contributed by atoms with Crippen LogP contribution in [-0.4, -0.2) is 23.0 Å². The third kappa shape index (κ3) is 2.17. The van der Waals surface area contributed by atoms with E-state index in [2.05, 4.69) is 20.8 Å². The lowest BCUT2D eigenvalue weighted by molar-refractivity contribution is -0.140. The van der Waals surface area contributed by atoms with E-state index in [1.807, 2.05) is 24.4 Å². The molecule has 4 heteroatoms. The van der Waals surface area contributed by atoms with Crippen LogP contribution in [0.15, 0.2) is 36.7 Å². The number of aromatic nitrogens is 2. The monoisotopic (exact) mass is 254 g/mol. The lowest BCUT2D eigenvalue weighted by Crippen LogP contribution is -2.01. The van der Waals surface area contributed by atoms with Crippen molar-refractivity contribution < 1.29 is 9.53 Å². The van der Waals surface area contributed by atoms with Crippen molar-refractivity contribution in [2.75, 3.05) is 7.11 Å². The Morgan fingerprint density at radius 3 is 2.95 bits per heavy atom. The molecule has 0 aliphatic heterocycles. The maximum atomic E-state index is 11.2. The second-order valence-electron chi connectivity index (χ2n) is 4.50. The summed E-state index contributed by atoms with van der Waals surface area (Å²) in [7, 11) is 1.41. The lowest BCUT2D eigenvalue weighted by Gasteiger charge is -2.01. The maximum Gasteiger partial charge on any atom is 0.305 e. The highest BCUT2D eigenvalue weighted by atomic mass is 16.5. The summed E-state index contributed by atoms with van der Waals surface area (Å²) in [6, 6.07) is 8.15. The first-order valence-electron chi connectivity index (χ1n) is 6.19. The molecular formula is C15H14N2O2. The van der Waals surface area contributed by atoms with Crippen LogP contribution in [0.5, 0.6) is 0 Å². The molecule has 96 valence electrons. The molecule has 0 unspecified atom stereocenters. The van der Waals surface area contributed by atoms with Crippen molar-refractivity contribution in [2.45, 2.75) is 12.8 Å². The van der Waals surface area contributed by atoms with E-state index >= 15 is 0 Å². The van der Waals surface area contributed by atoms with Crippen LogP contribution in [-0.2, 0) is 16.0 Å². The van der Waals surface area contributed by atoms with Crippen LogP contribution in [0.25, 0.3) is 21.8 Å². The third-order valence-electron chi connectivity index (χ3n) is 3.31. The minimum Gasteiger partial charge on any atom is -0.469 e. The molecule has 19 heavy (non-hydrogen) atoms. The molecule has 0 saturated carbocycles. The zero-order chi connectivity index (χ0) is 13.2. The van der Waals surface area contributed by atoms with Crippen LogP contribution in [0.2, 0.25) is 0 Å². The fraction of sp³-hybridized carbons (Fsp3) is 0.200. The number of nitrogens with one attached hydrogen (secondary N) is 1. The Kier molecular flexibility index (Phi) is 2.91. The van der Waals surface area contributed by atoms with Crippen LogP contribution in [0, 0.1) is 0 Å². The largest absolute Gasteiger partial charge is 0.469 e. The third-order valence-corrected chi connectivity index (χ3v) is 3.31. The van der Waals surface area contributed by atoms with Crippen molar-refractivity contribution in [3.63, 3.8) is 0 Å². The summed E-state index contributed by atoms with van der Waals surface area (Å²) in [6.45, 7) is 0. The molecule has 0 spiro atoms. The van der Waals surface area contributed by atoms with E-state index in [0.717, 1.165) is 27.4 Å². The number of pyridine rings is 1. The molecule has 0 aliphatic rings. The van der Waals surface area contributed by atoms with Gasteiger partial charge in [0.15, 0.2) is 0 Å². The van der Waals surface area contributed by atoms with Crippen molar-refractivity contribution in [3.8, 4) is 0 Å². The van der Waals surface area contributed by atoms with E-state index in [4.69, 9.17) is 0 Å². The fourth-order valence-electron chi connectivity index (χ4n) is 2.29. The van der Waals surface area contributed by atoms with E-state index in [1.165, 1.54) is 7.11 Å². The van der Waals surface area contributed by atoms with Gasteiger partial charge in [-0.3, -0.25) is 9.78 Å².